The summed E-state index contributed by atoms with van der Waals surface area (Å²) in [5.41, 5.74) is -0.625. The molecule has 0 unspecified atom stereocenters. The van der Waals surface area contributed by atoms with E-state index in [4.69, 9.17) is 0 Å². The lowest BCUT2D eigenvalue weighted by atomic mass is 10.1. The molecule has 2 amide bonds. The third kappa shape index (κ3) is 4.08. The van der Waals surface area contributed by atoms with Crippen LogP contribution in [-0.4, -0.2) is 52.0 Å². The fourth-order valence-corrected chi connectivity index (χ4v) is 5.52. The Bertz CT molecular complexity index is 1240. The molecule has 14 heteroatoms. The minimum atomic E-state index is -4.78. The van der Waals surface area contributed by atoms with Gasteiger partial charge in [0.15, 0.2) is 0 Å². The molecule has 1 aromatic carbocycles. The monoisotopic (exact) mass is 487 g/mol. The van der Waals surface area contributed by atoms with Crippen molar-refractivity contribution < 1.29 is 31.2 Å². The van der Waals surface area contributed by atoms with Crippen molar-refractivity contribution in [1.29, 1.82) is 0 Å². The fraction of sp³-hybridized carbons (Fsp3) is 0.474. The van der Waals surface area contributed by atoms with E-state index in [1.165, 1.54) is 28.6 Å². The van der Waals surface area contributed by atoms with E-state index in [1.54, 1.807) is 0 Å². The Balaban J connectivity index is 1.48. The largest absolute Gasteiger partial charge is 0.451 e. The lowest BCUT2D eigenvalue weighted by Crippen LogP contribution is -2.41. The van der Waals surface area contributed by atoms with Gasteiger partial charge in [-0.15, -0.1) is 5.10 Å². The highest BCUT2D eigenvalue weighted by Gasteiger charge is 2.40. The molecule has 2 aliphatic heterocycles. The van der Waals surface area contributed by atoms with Gasteiger partial charge in [0.1, 0.15) is 0 Å². The predicted octanol–water partition coefficient (Wildman–Crippen LogP) is 1.28. The van der Waals surface area contributed by atoms with Gasteiger partial charge in [0.05, 0.1) is 16.6 Å². The molecule has 0 aliphatic carbocycles. The highest BCUT2D eigenvalue weighted by molar-refractivity contribution is 7.89. The summed E-state index contributed by atoms with van der Waals surface area (Å²) in [6.45, 7) is -0.0234. The van der Waals surface area contributed by atoms with Crippen molar-refractivity contribution >= 4 is 27.5 Å². The van der Waals surface area contributed by atoms with Crippen LogP contribution in [0.2, 0.25) is 0 Å². The van der Waals surface area contributed by atoms with Gasteiger partial charge in [0.25, 0.3) is 0 Å². The summed E-state index contributed by atoms with van der Waals surface area (Å²) < 4.78 is 67.4. The molecule has 0 radical (unpaired) electrons. The summed E-state index contributed by atoms with van der Waals surface area (Å²) in [6.07, 6.45) is -4.33. The number of hydrogen-bond acceptors (Lipinski definition) is 6. The van der Waals surface area contributed by atoms with Gasteiger partial charge in [-0.1, -0.05) is 0 Å². The zero-order chi connectivity index (χ0) is 24.1. The maximum atomic E-state index is 13.0. The molecule has 33 heavy (non-hydrogen) atoms. The van der Waals surface area contributed by atoms with Gasteiger partial charge in [0, 0.05) is 33.0 Å². The number of imide groups is 1. The minimum absolute atomic E-state index is 0.0117. The van der Waals surface area contributed by atoms with Crippen LogP contribution in [0.3, 0.4) is 0 Å². The summed E-state index contributed by atoms with van der Waals surface area (Å²) in [5.74, 6) is -2.01. The topological polar surface area (TPSA) is 115 Å². The van der Waals surface area contributed by atoms with Crippen molar-refractivity contribution in [3.05, 3.63) is 40.6 Å². The second kappa shape index (κ2) is 8.09. The lowest BCUT2D eigenvalue weighted by molar-refractivity contribution is -0.147. The van der Waals surface area contributed by atoms with Crippen molar-refractivity contribution in [3.63, 3.8) is 0 Å². The zero-order valence-electron chi connectivity index (χ0n) is 17.4. The number of carbonyl (C=O) groups is 2. The molecule has 2 fully saturated rings. The molecule has 3 heterocycles. The van der Waals surface area contributed by atoms with Gasteiger partial charge in [-0.05, 0) is 37.1 Å². The van der Waals surface area contributed by atoms with Gasteiger partial charge in [-0.2, -0.15) is 17.5 Å². The number of aromatic nitrogens is 3. The summed E-state index contributed by atoms with van der Waals surface area (Å²) >= 11 is 0. The maximum Gasteiger partial charge on any atom is 0.451 e. The third-order valence-electron chi connectivity index (χ3n) is 5.81. The minimum Gasteiger partial charge on any atom is -0.274 e. The molecule has 0 spiro atoms. The second-order valence-electron chi connectivity index (χ2n) is 7.86. The first-order chi connectivity index (χ1) is 15.4. The molecule has 4 rings (SSSR count). The molecule has 2 aromatic rings. The number of alkyl halides is 3. The second-order valence-corrected chi connectivity index (χ2v) is 9.80. The van der Waals surface area contributed by atoms with Crippen molar-refractivity contribution in [2.45, 2.75) is 42.8 Å². The molecule has 2 aliphatic rings. The van der Waals surface area contributed by atoms with Gasteiger partial charge in [0.2, 0.25) is 27.7 Å². The summed E-state index contributed by atoms with van der Waals surface area (Å²) in [7, 11) is -2.93. The lowest BCUT2D eigenvalue weighted by Gasteiger charge is -2.30. The van der Waals surface area contributed by atoms with E-state index in [2.05, 4.69) is 5.10 Å². The van der Waals surface area contributed by atoms with Gasteiger partial charge in [-0.3, -0.25) is 19.1 Å². The average Bonchev–Trinajstić information content (AvgIpc) is 3.26. The number of nitrogens with zero attached hydrogens (tertiary/aromatic N) is 5. The van der Waals surface area contributed by atoms with E-state index < -0.39 is 33.8 Å². The van der Waals surface area contributed by atoms with Gasteiger partial charge in [-0.25, -0.2) is 17.9 Å². The molecule has 178 valence electrons. The summed E-state index contributed by atoms with van der Waals surface area (Å²) in [5, 5.41) is 3.42. The van der Waals surface area contributed by atoms with Gasteiger partial charge < -0.3 is 0 Å². The molecule has 0 saturated carbocycles. The number of hydrogen-bond donors (Lipinski definition) is 0. The van der Waals surface area contributed by atoms with Crippen molar-refractivity contribution in [2.75, 3.05) is 18.0 Å². The van der Waals surface area contributed by atoms with Gasteiger partial charge >= 0.3 is 11.9 Å². The standard InChI is InChI=1S/C19H20F3N5O5S/c1-24-17(19(20,21)22)23-27(18(24)30)13-8-10-25(11-9-13)33(31,32)14-4-2-12(3-5-14)26-15(28)6-7-16(26)29/h2-5,13H,6-11H2,1H3. The van der Waals surface area contributed by atoms with Crippen molar-refractivity contribution in [1.82, 2.24) is 18.7 Å². The SMILES string of the molecule is Cn1c(C(F)(F)F)nn(C2CCN(S(=O)(=O)c3ccc(N4C(=O)CCC4=O)cc3)CC2)c1=O. The van der Waals surface area contributed by atoms with Crippen LogP contribution in [0, 0.1) is 0 Å². The molecule has 0 atom stereocenters. The van der Waals surface area contributed by atoms with Crippen LogP contribution in [0.4, 0.5) is 18.9 Å². The van der Waals surface area contributed by atoms with Crippen LogP contribution >= 0.6 is 0 Å². The average molecular weight is 487 g/mol. The number of piperidine rings is 1. The van der Waals surface area contributed by atoms with Crippen LogP contribution in [0.1, 0.15) is 37.5 Å². The molecule has 2 saturated heterocycles. The Morgan fingerprint density at radius 2 is 1.52 bits per heavy atom. The maximum absolute atomic E-state index is 13.0. The zero-order valence-corrected chi connectivity index (χ0v) is 18.3. The third-order valence-corrected chi connectivity index (χ3v) is 7.72. The Hall–Kier alpha value is -3.00. The number of benzene rings is 1. The van der Waals surface area contributed by atoms with Crippen LogP contribution < -0.4 is 10.6 Å². The molecule has 10 nitrogen and oxygen atoms in total. The Kier molecular flexibility index (Phi) is 5.68. The van der Waals surface area contributed by atoms with E-state index in [9.17, 15) is 36.0 Å². The fourth-order valence-electron chi connectivity index (χ4n) is 4.05. The number of anilines is 1. The van der Waals surface area contributed by atoms with Crippen molar-refractivity contribution in [2.24, 2.45) is 7.05 Å². The van der Waals surface area contributed by atoms with E-state index in [1.807, 2.05) is 0 Å². The Labute approximate surface area is 186 Å². The van der Waals surface area contributed by atoms with E-state index >= 15 is 0 Å². The van der Waals surface area contributed by atoms with Crippen LogP contribution in [-0.2, 0) is 32.8 Å². The van der Waals surface area contributed by atoms with E-state index in [0.29, 0.717) is 4.57 Å². The number of rotatable bonds is 4. The highest BCUT2D eigenvalue weighted by atomic mass is 32.2. The molecular weight excluding hydrogens is 467 g/mol. The number of sulfonamides is 1. The predicted molar refractivity (Wildman–Crippen MR) is 108 cm³/mol. The summed E-state index contributed by atoms with van der Waals surface area (Å²) in [4.78, 5) is 36.9. The molecule has 1 aromatic heterocycles. The Morgan fingerprint density at radius 3 is 2.00 bits per heavy atom. The Morgan fingerprint density at radius 1 is 0.970 bits per heavy atom. The molecule has 0 bridgehead atoms. The highest BCUT2D eigenvalue weighted by Crippen LogP contribution is 2.30. The smallest absolute Gasteiger partial charge is 0.274 e. The number of carbonyl (C=O) groups excluding carboxylic acids is 2. The number of amides is 2. The quantitative estimate of drug-likeness (QED) is 0.601. The molecular formula is C19H20F3N5O5S. The normalized spacial score (nSPS) is 19.0. The van der Waals surface area contributed by atoms with E-state index in [0.717, 1.165) is 16.6 Å². The number of halogens is 3. The first-order valence-corrected chi connectivity index (χ1v) is 11.5. The molecule has 0 N–H and O–H groups in total. The van der Waals surface area contributed by atoms with Crippen LogP contribution in [0.25, 0.3) is 0 Å². The first kappa shape index (κ1) is 23.2. The van der Waals surface area contributed by atoms with E-state index in [-0.39, 0.29) is 61.2 Å². The van der Waals surface area contributed by atoms with Crippen LogP contribution in [0.5, 0.6) is 0 Å². The van der Waals surface area contributed by atoms with Crippen molar-refractivity contribution in [3.8, 4) is 0 Å². The summed E-state index contributed by atoms with van der Waals surface area (Å²) in [6, 6.07) is 4.70. The first-order valence-electron chi connectivity index (χ1n) is 10.1. The van der Waals surface area contributed by atoms with Crippen LogP contribution in [0.15, 0.2) is 34.0 Å².